The Hall–Kier alpha value is -3.00. The van der Waals surface area contributed by atoms with Crippen molar-refractivity contribution < 1.29 is 19.1 Å². The lowest BCUT2D eigenvalue weighted by molar-refractivity contribution is -0.162. The van der Waals surface area contributed by atoms with Gasteiger partial charge in [-0.2, -0.15) is 9.78 Å². The van der Waals surface area contributed by atoms with Crippen molar-refractivity contribution in [3.05, 3.63) is 58.5 Å². The van der Waals surface area contributed by atoms with Crippen LogP contribution in [0.15, 0.2) is 47.3 Å². The van der Waals surface area contributed by atoms with Gasteiger partial charge < -0.3 is 14.4 Å². The van der Waals surface area contributed by atoms with E-state index >= 15 is 0 Å². The number of aromatic nitrogens is 2. The van der Waals surface area contributed by atoms with Gasteiger partial charge in [-0.05, 0) is 38.0 Å². The summed E-state index contributed by atoms with van der Waals surface area (Å²) in [5, 5.41) is 4.26. The molecule has 1 unspecified atom stereocenters. The summed E-state index contributed by atoms with van der Waals surface area (Å²) >= 11 is 0. The molecule has 8 heteroatoms. The minimum absolute atomic E-state index is 0.144. The van der Waals surface area contributed by atoms with Crippen molar-refractivity contribution in [2.45, 2.75) is 19.8 Å². The average molecular weight is 399 g/mol. The average Bonchev–Trinajstić information content (AvgIpc) is 2.75. The topological polar surface area (TPSA) is 90.7 Å². The van der Waals surface area contributed by atoms with E-state index < -0.39 is 5.41 Å². The second-order valence-corrected chi connectivity index (χ2v) is 7.07. The maximum Gasteiger partial charge on any atom is 0.316 e. The second kappa shape index (κ2) is 9.00. The number of esters is 1. The minimum atomic E-state index is -0.896. The molecule has 0 aliphatic carbocycles. The lowest BCUT2D eigenvalue weighted by Gasteiger charge is -2.40. The highest BCUT2D eigenvalue weighted by atomic mass is 16.5. The number of benzene rings is 1. The van der Waals surface area contributed by atoms with E-state index in [0.29, 0.717) is 25.1 Å². The molecule has 0 saturated carbocycles. The predicted molar refractivity (Wildman–Crippen MR) is 106 cm³/mol. The first-order chi connectivity index (χ1) is 14.0. The van der Waals surface area contributed by atoms with E-state index in [1.807, 2.05) is 6.07 Å². The summed E-state index contributed by atoms with van der Waals surface area (Å²) in [6.45, 7) is 2.87. The summed E-state index contributed by atoms with van der Waals surface area (Å²) in [6.07, 6.45) is 1.23. The fraction of sp³-hybridized carbons (Fsp3) is 0.429. The van der Waals surface area contributed by atoms with Gasteiger partial charge in [0.1, 0.15) is 11.1 Å². The highest BCUT2D eigenvalue weighted by Crippen LogP contribution is 2.32. The Morgan fingerprint density at radius 1 is 1.17 bits per heavy atom. The van der Waals surface area contributed by atoms with Crippen LogP contribution in [0.5, 0.6) is 0 Å². The van der Waals surface area contributed by atoms with E-state index in [1.54, 1.807) is 36.1 Å². The van der Waals surface area contributed by atoms with Gasteiger partial charge in [-0.3, -0.25) is 14.4 Å². The van der Waals surface area contributed by atoms with Gasteiger partial charge in [0, 0.05) is 26.3 Å². The molecule has 1 aromatic heterocycles. The number of nitrogens with zero attached hydrogens (tertiary/aromatic N) is 3. The zero-order valence-corrected chi connectivity index (χ0v) is 16.7. The third-order valence-electron chi connectivity index (χ3n) is 5.01. The van der Waals surface area contributed by atoms with E-state index in [1.165, 1.54) is 23.9 Å². The molecular formula is C21H25N3O5. The number of carbonyl (C=O) groups is 2. The van der Waals surface area contributed by atoms with Crippen molar-refractivity contribution in [2.24, 2.45) is 5.41 Å². The van der Waals surface area contributed by atoms with Gasteiger partial charge in [-0.15, -0.1) is 0 Å². The lowest BCUT2D eigenvalue weighted by atomic mass is 9.80. The Balaban J connectivity index is 1.88. The Morgan fingerprint density at radius 3 is 2.62 bits per heavy atom. The third kappa shape index (κ3) is 4.37. The second-order valence-electron chi connectivity index (χ2n) is 7.07. The maximum absolute atomic E-state index is 13.1. The van der Waals surface area contributed by atoms with Gasteiger partial charge in [-0.1, -0.05) is 18.2 Å². The summed E-state index contributed by atoms with van der Waals surface area (Å²) in [7, 11) is 1.53. The van der Waals surface area contributed by atoms with Crippen LogP contribution in [-0.2, 0) is 14.3 Å². The van der Waals surface area contributed by atoms with E-state index in [4.69, 9.17) is 9.47 Å². The lowest BCUT2D eigenvalue weighted by Crippen LogP contribution is -2.53. The number of hydrogen-bond donors (Lipinski definition) is 0. The van der Waals surface area contributed by atoms with Gasteiger partial charge in [0.2, 0.25) is 0 Å². The molecule has 29 heavy (non-hydrogen) atoms. The molecule has 1 amide bonds. The summed E-state index contributed by atoms with van der Waals surface area (Å²) in [4.78, 5) is 39.5. The fourth-order valence-electron chi connectivity index (χ4n) is 3.65. The maximum atomic E-state index is 13.1. The van der Waals surface area contributed by atoms with E-state index in [9.17, 15) is 14.4 Å². The molecule has 1 fully saturated rings. The van der Waals surface area contributed by atoms with E-state index in [2.05, 4.69) is 5.10 Å². The molecule has 1 aliphatic heterocycles. The predicted octanol–water partition coefficient (Wildman–Crippen LogP) is 1.66. The smallest absolute Gasteiger partial charge is 0.316 e. The fourth-order valence-corrected chi connectivity index (χ4v) is 3.65. The van der Waals surface area contributed by atoms with Crippen molar-refractivity contribution in [2.75, 3.05) is 33.4 Å². The molecule has 1 atom stereocenters. The summed E-state index contributed by atoms with van der Waals surface area (Å²) in [5.74, 6) is -0.694. The normalized spacial score (nSPS) is 19.0. The van der Waals surface area contributed by atoms with Gasteiger partial charge >= 0.3 is 5.97 Å². The Bertz CT molecular complexity index is 923. The van der Waals surface area contributed by atoms with Gasteiger partial charge in [-0.25, -0.2) is 0 Å². The van der Waals surface area contributed by atoms with Crippen molar-refractivity contribution in [3.8, 4) is 5.69 Å². The first kappa shape index (κ1) is 20.7. The molecule has 1 saturated heterocycles. The van der Waals surface area contributed by atoms with Crippen LogP contribution in [-0.4, -0.2) is 60.0 Å². The molecule has 2 heterocycles. The molecule has 0 radical (unpaired) electrons. The number of methoxy groups -OCH3 is 1. The monoisotopic (exact) mass is 399 g/mol. The van der Waals surface area contributed by atoms with Crippen LogP contribution < -0.4 is 5.56 Å². The molecule has 0 bridgehead atoms. The largest absolute Gasteiger partial charge is 0.465 e. The van der Waals surface area contributed by atoms with Crippen molar-refractivity contribution >= 4 is 11.9 Å². The van der Waals surface area contributed by atoms with E-state index in [0.717, 1.165) is 0 Å². The molecule has 3 rings (SSSR count). The first-order valence-corrected chi connectivity index (χ1v) is 9.62. The molecule has 1 aromatic carbocycles. The minimum Gasteiger partial charge on any atom is -0.465 e. The summed E-state index contributed by atoms with van der Waals surface area (Å²) < 4.78 is 11.7. The number of carbonyl (C=O) groups excluding carboxylic acids is 2. The number of ether oxygens (including phenoxy) is 2. The van der Waals surface area contributed by atoms with Gasteiger partial charge in [0.05, 0.1) is 18.9 Å². The number of piperidine rings is 1. The Morgan fingerprint density at radius 2 is 1.93 bits per heavy atom. The molecule has 1 aliphatic rings. The van der Waals surface area contributed by atoms with Crippen LogP contribution in [0.4, 0.5) is 0 Å². The zero-order valence-electron chi connectivity index (χ0n) is 16.7. The molecule has 8 nitrogen and oxygen atoms in total. The molecule has 2 aromatic rings. The highest BCUT2D eigenvalue weighted by molar-refractivity contribution is 5.93. The van der Waals surface area contributed by atoms with Crippen molar-refractivity contribution in [3.63, 3.8) is 0 Å². The van der Waals surface area contributed by atoms with Gasteiger partial charge in [0.15, 0.2) is 0 Å². The van der Waals surface area contributed by atoms with Crippen LogP contribution in [0.3, 0.4) is 0 Å². The molecule has 154 valence electrons. The summed E-state index contributed by atoms with van der Waals surface area (Å²) in [5.41, 5.74) is -0.504. The van der Waals surface area contributed by atoms with Crippen molar-refractivity contribution in [1.29, 1.82) is 0 Å². The van der Waals surface area contributed by atoms with Crippen LogP contribution in [0.25, 0.3) is 5.69 Å². The van der Waals surface area contributed by atoms with Crippen molar-refractivity contribution in [1.82, 2.24) is 14.7 Å². The van der Waals surface area contributed by atoms with Gasteiger partial charge in [0.25, 0.3) is 11.5 Å². The highest BCUT2D eigenvalue weighted by Gasteiger charge is 2.45. The Labute approximate surface area is 169 Å². The SMILES string of the molecule is CCOC(=O)C1(COC)CCCN(C(=O)c2ccc(=O)n(-c3ccccc3)n2)C1. The van der Waals surface area contributed by atoms with E-state index in [-0.39, 0.29) is 42.9 Å². The third-order valence-corrected chi connectivity index (χ3v) is 5.01. The first-order valence-electron chi connectivity index (χ1n) is 9.62. The molecule has 0 spiro atoms. The molecular weight excluding hydrogens is 374 g/mol. The number of hydrogen-bond acceptors (Lipinski definition) is 6. The number of para-hydroxylation sites is 1. The van der Waals surface area contributed by atoms with Crippen LogP contribution in [0.2, 0.25) is 0 Å². The standard InChI is InChI=1S/C21H25N3O5/c1-3-29-20(27)21(15-28-2)12-7-13-23(14-21)19(26)17-10-11-18(25)24(22-17)16-8-5-4-6-9-16/h4-6,8-11H,3,7,12-15H2,1-2H3. The number of likely N-dealkylation sites (tertiary alicyclic amines) is 1. The Kier molecular flexibility index (Phi) is 6.43. The van der Waals surface area contributed by atoms with Crippen LogP contribution >= 0.6 is 0 Å². The zero-order chi connectivity index (χ0) is 20.9. The van der Waals surface area contributed by atoms with Crippen LogP contribution in [0.1, 0.15) is 30.3 Å². The number of amides is 1. The number of rotatable bonds is 6. The van der Waals surface area contributed by atoms with Crippen LogP contribution in [0, 0.1) is 5.41 Å². The summed E-state index contributed by atoms with van der Waals surface area (Å²) in [6, 6.07) is 11.7. The quantitative estimate of drug-likeness (QED) is 0.687. The molecule has 0 N–H and O–H groups in total.